The molecule has 6 heteroatoms. The van der Waals surface area contributed by atoms with Crippen LogP contribution in [0.25, 0.3) is 10.9 Å². The summed E-state index contributed by atoms with van der Waals surface area (Å²) in [5.41, 5.74) is 2.95. The van der Waals surface area contributed by atoms with Crippen molar-refractivity contribution in [1.29, 1.82) is 0 Å². The molecule has 126 valence electrons. The highest BCUT2D eigenvalue weighted by Gasteiger charge is 2.27. The van der Waals surface area contributed by atoms with E-state index in [0.29, 0.717) is 11.3 Å². The van der Waals surface area contributed by atoms with Gasteiger partial charge in [-0.25, -0.2) is 0 Å². The number of Topliss-reactive ketones (excluding diaryl/α,β-unsaturated/α-hetero) is 1. The molecular formula is C19H18N4O2. The molecule has 6 nitrogen and oxygen atoms in total. The molecule has 1 aromatic carbocycles. The molecule has 0 radical (unpaired) electrons. The van der Waals surface area contributed by atoms with E-state index in [2.05, 4.69) is 20.2 Å². The molecule has 0 bridgehead atoms. The number of nitrogens with zero attached hydrogens (tertiary/aromatic N) is 2. The van der Waals surface area contributed by atoms with Crippen LogP contribution in [0.4, 0.5) is 5.69 Å². The predicted molar refractivity (Wildman–Crippen MR) is 95.7 cm³/mol. The SMILES string of the molecule is O=C(Nc1cccnc1)C(=O)c1c2n(c3ccccc13)CCNCC2. The Kier molecular flexibility index (Phi) is 4.03. The van der Waals surface area contributed by atoms with E-state index in [1.807, 2.05) is 24.3 Å². The fraction of sp³-hybridized carbons (Fsp3) is 0.211. The summed E-state index contributed by atoms with van der Waals surface area (Å²) >= 11 is 0. The topological polar surface area (TPSA) is 76.0 Å². The summed E-state index contributed by atoms with van der Waals surface area (Å²) in [6.45, 7) is 2.43. The lowest BCUT2D eigenvalue weighted by Crippen LogP contribution is -2.24. The van der Waals surface area contributed by atoms with E-state index in [1.54, 1.807) is 18.3 Å². The zero-order valence-electron chi connectivity index (χ0n) is 13.7. The zero-order chi connectivity index (χ0) is 17.2. The highest BCUT2D eigenvalue weighted by atomic mass is 16.2. The normalized spacial score (nSPS) is 13.9. The summed E-state index contributed by atoms with van der Waals surface area (Å²) in [5.74, 6) is -1.14. The van der Waals surface area contributed by atoms with Gasteiger partial charge in [0, 0.05) is 48.8 Å². The average Bonchev–Trinajstić information content (AvgIpc) is 2.79. The van der Waals surface area contributed by atoms with Crippen LogP contribution in [0.2, 0.25) is 0 Å². The van der Waals surface area contributed by atoms with Crippen LogP contribution in [0.1, 0.15) is 16.1 Å². The van der Waals surface area contributed by atoms with Gasteiger partial charge in [0.25, 0.3) is 11.7 Å². The molecular weight excluding hydrogens is 316 g/mol. The second-order valence-corrected chi connectivity index (χ2v) is 6.02. The van der Waals surface area contributed by atoms with Crippen molar-refractivity contribution >= 4 is 28.3 Å². The highest BCUT2D eigenvalue weighted by molar-refractivity contribution is 6.48. The molecule has 1 aliphatic heterocycles. The average molecular weight is 334 g/mol. The fourth-order valence-corrected chi connectivity index (χ4v) is 3.39. The quantitative estimate of drug-likeness (QED) is 0.567. The van der Waals surface area contributed by atoms with Gasteiger partial charge in [0.15, 0.2) is 0 Å². The number of hydrogen-bond acceptors (Lipinski definition) is 4. The van der Waals surface area contributed by atoms with Gasteiger partial charge < -0.3 is 15.2 Å². The number of carbonyl (C=O) groups is 2. The molecule has 3 aromatic rings. The van der Waals surface area contributed by atoms with Gasteiger partial charge in [-0.05, 0) is 18.2 Å². The van der Waals surface area contributed by atoms with Gasteiger partial charge in [-0.3, -0.25) is 14.6 Å². The number of nitrogens with one attached hydrogen (secondary N) is 2. The van der Waals surface area contributed by atoms with Gasteiger partial charge in [-0.15, -0.1) is 0 Å². The first kappa shape index (κ1) is 15.5. The summed E-state index contributed by atoms with van der Waals surface area (Å²) in [4.78, 5) is 29.4. The molecule has 2 N–H and O–H groups in total. The summed E-state index contributed by atoms with van der Waals surface area (Å²) in [7, 11) is 0. The Hall–Kier alpha value is -2.99. The van der Waals surface area contributed by atoms with Gasteiger partial charge in [0.2, 0.25) is 0 Å². The summed E-state index contributed by atoms with van der Waals surface area (Å²) in [6.07, 6.45) is 3.86. The lowest BCUT2D eigenvalue weighted by Gasteiger charge is -2.07. The van der Waals surface area contributed by atoms with Gasteiger partial charge in [-0.1, -0.05) is 18.2 Å². The van der Waals surface area contributed by atoms with Crippen molar-refractivity contribution in [2.75, 3.05) is 18.4 Å². The van der Waals surface area contributed by atoms with E-state index < -0.39 is 11.7 Å². The largest absolute Gasteiger partial charge is 0.343 e. The number of fused-ring (bicyclic) bond motifs is 3. The number of pyridine rings is 1. The minimum atomic E-state index is -0.635. The second kappa shape index (κ2) is 6.49. The van der Waals surface area contributed by atoms with Crippen LogP contribution in [0.3, 0.4) is 0 Å². The van der Waals surface area contributed by atoms with Crippen molar-refractivity contribution in [3.05, 3.63) is 60.0 Å². The van der Waals surface area contributed by atoms with Crippen molar-refractivity contribution in [2.45, 2.75) is 13.0 Å². The van der Waals surface area contributed by atoms with E-state index >= 15 is 0 Å². The van der Waals surface area contributed by atoms with Crippen molar-refractivity contribution < 1.29 is 9.59 Å². The number of anilines is 1. The maximum Gasteiger partial charge on any atom is 0.296 e. The first-order valence-corrected chi connectivity index (χ1v) is 8.32. The molecule has 4 rings (SSSR count). The molecule has 0 spiro atoms. The van der Waals surface area contributed by atoms with E-state index in [0.717, 1.165) is 42.7 Å². The molecule has 0 fully saturated rings. The Balaban J connectivity index is 1.76. The number of rotatable bonds is 3. The first-order chi connectivity index (χ1) is 12.3. The number of amides is 1. The van der Waals surface area contributed by atoms with Crippen molar-refractivity contribution in [3.8, 4) is 0 Å². The summed E-state index contributed by atoms with van der Waals surface area (Å²) < 4.78 is 2.15. The minimum Gasteiger partial charge on any atom is -0.343 e. The number of para-hydroxylation sites is 1. The Morgan fingerprint density at radius 1 is 1.12 bits per heavy atom. The third-order valence-corrected chi connectivity index (χ3v) is 4.48. The van der Waals surface area contributed by atoms with Gasteiger partial charge >= 0.3 is 0 Å². The van der Waals surface area contributed by atoms with Gasteiger partial charge in [-0.2, -0.15) is 0 Å². The fourth-order valence-electron chi connectivity index (χ4n) is 3.39. The molecule has 0 aliphatic carbocycles. The number of benzene rings is 1. The number of carbonyl (C=O) groups excluding carboxylic acids is 2. The number of ketones is 1. The minimum absolute atomic E-state index is 0.504. The van der Waals surface area contributed by atoms with E-state index in [9.17, 15) is 9.59 Å². The molecule has 0 saturated carbocycles. The summed E-state index contributed by atoms with van der Waals surface area (Å²) in [6, 6.07) is 11.2. The van der Waals surface area contributed by atoms with Gasteiger partial charge in [0.05, 0.1) is 17.4 Å². The molecule has 0 unspecified atom stereocenters. The first-order valence-electron chi connectivity index (χ1n) is 8.32. The molecule has 2 aromatic heterocycles. The predicted octanol–water partition coefficient (Wildman–Crippen LogP) is 2.00. The van der Waals surface area contributed by atoms with Gasteiger partial charge in [0.1, 0.15) is 0 Å². The van der Waals surface area contributed by atoms with E-state index in [-0.39, 0.29) is 0 Å². The van der Waals surface area contributed by atoms with Crippen LogP contribution in [0, 0.1) is 0 Å². The molecule has 0 atom stereocenters. The Bertz CT molecular complexity index is 947. The standard InChI is InChI=1S/C19H18N4O2/c24-18(19(25)22-13-4-3-8-21-12-13)17-14-5-1-2-6-15(14)23-11-10-20-9-7-16(17)23/h1-6,8,12,20H,7,9-11H2,(H,22,25). The van der Waals surface area contributed by atoms with Crippen molar-refractivity contribution in [1.82, 2.24) is 14.9 Å². The van der Waals surface area contributed by atoms with Crippen LogP contribution in [-0.4, -0.2) is 34.3 Å². The number of aromatic nitrogens is 2. The van der Waals surface area contributed by atoms with E-state index in [1.165, 1.54) is 6.20 Å². The smallest absolute Gasteiger partial charge is 0.296 e. The summed E-state index contributed by atoms with van der Waals surface area (Å²) in [5, 5.41) is 6.82. The Morgan fingerprint density at radius 3 is 2.84 bits per heavy atom. The van der Waals surface area contributed by atoms with Crippen LogP contribution >= 0.6 is 0 Å². The zero-order valence-corrected chi connectivity index (χ0v) is 13.7. The third kappa shape index (κ3) is 2.81. The van der Waals surface area contributed by atoms with Crippen molar-refractivity contribution in [2.24, 2.45) is 0 Å². The maximum atomic E-state index is 12.9. The highest BCUT2D eigenvalue weighted by Crippen LogP contribution is 2.28. The van der Waals surface area contributed by atoms with Crippen LogP contribution in [0.15, 0.2) is 48.8 Å². The second-order valence-electron chi connectivity index (χ2n) is 6.02. The van der Waals surface area contributed by atoms with Crippen molar-refractivity contribution in [3.63, 3.8) is 0 Å². The molecule has 25 heavy (non-hydrogen) atoms. The van der Waals surface area contributed by atoms with Crippen LogP contribution in [0.5, 0.6) is 0 Å². The Labute approximate surface area is 144 Å². The van der Waals surface area contributed by atoms with E-state index in [4.69, 9.17) is 0 Å². The molecule has 0 saturated heterocycles. The third-order valence-electron chi connectivity index (χ3n) is 4.48. The molecule has 3 heterocycles. The molecule has 1 aliphatic rings. The van der Waals surface area contributed by atoms with Crippen LogP contribution in [-0.2, 0) is 17.8 Å². The molecule has 1 amide bonds. The monoisotopic (exact) mass is 334 g/mol. The lowest BCUT2D eigenvalue weighted by atomic mass is 10.0. The van der Waals surface area contributed by atoms with Crippen LogP contribution < -0.4 is 10.6 Å². The number of hydrogen-bond donors (Lipinski definition) is 2. The lowest BCUT2D eigenvalue weighted by molar-refractivity contribution is -0.112. The maximum absolute atomic E-state index is 12.9. The Morgan fingerprint density at radius 2 is 2.00 bits per heavy atom.